The Hall–Kier alpha value is -1.45. The second-order valence-corrected chi connectivity index (χ2v) is 3.47. The molecule has 1 atom stereocenters. The van der Waals surface area contributed by atoms with Crippen molar-refractivity contribution in [2.75, 3.05) is 13.7 Å². The van der Waals surface area contributed by atoms with Crippen LogP contribution in [0.15, 0.2) is 36.7 Å². The standard InChI is InChI=1S/C12H14N2O/c1-13-12(8-15)11-7-14-6-9-4-2-3-5-10(9)11/h2-7,12-13,15H,8H2,1H3. The molecule has 0 aliphatic carbocycles. The first-order valence-corrected chi connectivity index (χ1v) is 4.97. The first kappa shape index (κ1) is 10.1. The predicted octanol–water partition coefficient (Wildman–Crippen LogP) is 1.49. The molecular formula is C12H14N2O. The molecule has 2 rings (SSSR count). The van der Waals surface area contributed by atoms with Gasteiger partial charge in [-0.2, -0.15) is 0 Å². The lowest BCUT2D eigenvalue weighted by molar-refractivity contribution is 0.251. The molecule has 0 saturated carbocycles. The van der Waals surface area contributed by atoms with Gasteiger partial charge in [0.15, 0.2) is 0 Å². The van der Waals surface area contributed by atoms with Gasteiger partial charge in [0.1, 0.15) is 0 Å². The number of hydrogen-bond donors (Lipinski definition) is 2. The summed E-state index contributed by atoms with van der Waals surface area (Å²) in [7, 11) is 1.84. The number of nitrogens with one attached hydrogen (secondary N) is 1. The number of nitrogens with zero attached hydrogens (tertiary/aromatic N) is 1. The largest absolute Gasteiger partial charge is 0.394 e. The van der Waals surface area contributed by atoms with E-state index in [0.717, 1.165) is 16.3 Å². The molecule has 3 nitrogen and oxygen atoms in total. The Balaban J connectivity index is 2.59. The van der Waals surface area contributed by atoms with Crippen molar-refractivity contribution in [1.29, 1.82) is 0 Å². The number of aliphatic hydroxyl groups is 1. The Morgan fingerprint density at radius 3 is 2.87 bits per heavy atom. The van der Waals surface area contributed by atoms with Gasteiger partial charge in [0.2, 0.25) is 0 Å². The van der Waals surface area contributed by atoms with Crippen LogP contribution < -0.4 is 5.32 Å². The van der Waals surface area contributed by atoms with Gasteiger partial charge in [-0.3, -0.25) is 4.98 Å². The van der Waals surface area contributed by atoms with Crippen LogP contribution in [-0.4, -0.2) is 23.7 Å². The Bertz CT molecular complexity index is 447. The van der Waals surface area contributed by atoms with Gasteiger partial charge in [-0.05, 0) is 18.0 Å². The van der Waals surface area contributed by atoms with E-state index in [-0.39, 0.29) is 12.6 Å². The number of aromatic nitrogens is 1. The fraction of sp³-hybridized carbons (Fsp3) is 0.250. The van der Waals surface area contributed by atoms with Crippen LogP contribution in [0.25, 0.3) is 10.8 Å². The molecule has 0 radical (unpaired) electrons. The van der Waals surface area contributed by atoms with Gasteiger partial charge < -0.3 is 10.4 Å². The molecule has 0 bridgehead atoms. The summed E-state index contributed by atoms with van der Waals surface area (Å²) in [5, 5.41) is 14.6. The fourth-order valence-electron chi connectivity index (χ4n) is 1.76. The second kappa shape index (κ2) is 4.38. The first-order valence-electron chi connectivity index (χ1n) is 4.97. The highest BCUT2D eigenvalue weighted by atomic mass is 16.3. The van der Waals surface area contributed by atoms with Gasteiger partial charge in [0.25, 0.3) is 0 Å². The molecule has 2 aromatic rings. The number of rotatable bonds is 3. The maximum Gasteiger partial charge on any atom is 0.0627 e. The lowest BCUT2D eigenvalue weighted by Crippen LogP contribution is -2.20. The average molecular weight is 202 g/mol. The number of fused-ring (bicyclic) bond motifs is 1. The van der Waals surface area contributed by atoms with E-state index in [4.69, 9.17) is 0 Å². The predicted molar refractivity (Wildman–Crippen MR) is 60.6 cm³/mol. The van der Waals surface area contributed by atoms with Gasteiger partial charge in [-0.25, -0.2) is 0 Å². The lowest BCUT2D eigenvalue weighted by atomic mass is 10.0. The maximum atomic E-state index is 9.25. The van der Waals surface area contributed by atoms with Crippen molar-refractivity contribution in [2.45, 2.75) is 6.04 Å². The molecule has 0 fully saturated rings. The molecule has 0 saturated heterocycles. The van der Waals surface area contributed by atoms with Crippen LogP contribution in [0.3, 0.4) is 0 Å². The second-order valence-electron chi connectivity index (χ2n) is 3.47. The normalized spacial score (nSPS) is 12.9. The highest BCUT2D eigenvalue weighted by molar-refractivity contribution is 5.85. The van der Waals surface area contributed by atoms with Crippen LogP contribution in [-0.2, 0) is 0 Å². The van der Waals surface area contributed by atoms with Gasteiger partial charge >= 0.3 is 0 Å². The maximum absolute atomic E-state index is 9.25. The molecule has 78 valence electrons. The Morgan fingerprint density at radius 2 is 2.13 bits per heavy atom. The first-order chi connectivity index (χ1) is 7.36. The molecule has 1 heterocycles. The molecule has 0 aliphatic rings. The summed E-state index contributed by atoms with van der Waals surface area (Å²) >= 11 is 0. The zero-order valence-electron chi connectivity index (χ0n) is 8.64. The Morgan fingerprint density at radius 1 is 1.33 bits per heavy atom. The summed E-state index contributed by atoms with van der Waals surface area (Å²) in [5.41, 5.74) is 1.04. The van der Waals surface area contributed by atoms with E-state index >= 15 is 0 Å². The van der Waals surface area contributed by atoms with Gasteiger partial charge in [-0.1, -0.05) is 24.3 Å². The van der Waals surface area contributed by atoms with E-state index in [9.17, 15) is 5.11 Å². The summed E-state index contributed by atoms with van der Waals surface area (Å²) in [5.74, 6) is 0. The third-order valence-electron chi connectivity index (χ3n) is 2.61. The smallest absolute Gasteiger partial charge is 0.0627 e. The Kier molecular flexibility index (Phi) is 2.94. The fourth-order valence-corrected chi connectivity index (χ4v) is 1.76. The number of aliphatic hydroxyl groups excluding tert-OH is 1. The molecular weight excluding hydrogens is 188 g/mol. The molecule has 0 spiro atoms. The summed E-state index contributed by atoms with van der Waals surface area (Å²) in [6.45, 7) is 0.0756. The van der Waals surface area contributed by atoms with Crippen LogP contribution >= 0.6 is 0 Å². The average Bonchev–Trinajstić information content (AvgIpc) is 2.31. The van der Waals surface area contributed by atoms with Crippen molar-refractivity contribution in [3.8, 4) is 0 Å². The summed E-state index contributed by atoms with van der Waals surface area (Å²) in [6.07, 6.45) is 3.64. The molecule has 0 amide bonds. The molecule has 1 unspecified atom stereocenters. The van der Waals surface area contributed by atoms with Crippen LogP contribution in [0.1, 0.15) is 11.6 Å². The van der Waals surface area contributed by atoms with Crippen LogP contribution in [0.2, 0.25) is 0 Å². The van der Waals surface area contributed by atoms with Crippen LogP contribution in [0.4, 0.5) is 0 Å². The summed E-state index contributed by atoms with van der Waals surface area (Å²) < 4.78 is 0. The highest BCUT2D eigenvalue weighted by Gasteiger charge is 2.10. The van der Waals surface area contributed by atoms with Crippen molar-refractivity contribution in [3.05, 3.63) is 42.2 Å². The van der Waals surface area contributed by atoms with Crippen molar-refractivity contribution in [1.82, 2.24) is 10.3 Å². The molecule has 1 aromatic heterocycles. The summed E-state index contributed by atoms with van der Waals surface area (Å²) in [6, 6.07) is 8.00. The molecule has 1 aromatic carbocycles. The lowest BCUT2D eigenvalue weighted by Gasteiger charge is -2.15. The van der Waals surface area contributed by atoms with Crippen molar-refractivity contribution in [2.24, 2.45) is 0 Å². The van der Waals surface area contributed by atoms with Crippen LogP contribution in [0, 0.1) is 0 Å². The van der Waals surface area contributed by atoms with E-state index in [1.54, 1.807) is 6.20 Å². The summed E-state index contributed by atoms with van der Waals surface area (Å²) in [4.78, 5) is 4.18. The van der Waals surface area contributed by atoms with Gasteiger partial charge in [-0.15, -0.1) is 0 Å². The zero-order chi connectivity index (χ0) is 10.7. The molecule has 3 heteroatoms. The van der Waals surface area contributed by atoms with E-state index in [1.165, 1.54) is 0 Å². The van der Waals surface area contributed by atoms with E-state index in [1.807, 2.05) is 37.5 Å². The molecule has 0 aliphatic heterocycles. The third kappa shape index (κ3) is 1.84. The topological polar surface area (TPSA) is 45.1 Å². The minimum absolute atomic E-state index is 0.0522. The highest BCUT2D eigenvalue weighted by Crippen LogP contribution is 2.22. The zero-order valence-corrected chi connectivity index (χ0v) is 8.64. The monoisotopic (exact) mass is 202 g/mol. The van der Waals surface area contributed by atoms with E-state index in [0.29, 0.717) is 0 Å². The van der Waals surface area contributed by atoms with Gasteiger partial charge in [0, 0.05) is 17.8 Å². The SMILES string of the molecule is CNC(CO)c1cncc2ccccc12. The number of benzene rings is 1. The molecule has 2 N–H and O–H groups in total. The minimum Gasteiger partial charge on any atom is -0.394 e. The van der Waals surface area contributed by atoms with Crippen molar-refractivity contribution in [3.63, 3.8) is 0 Å². The Labute approximate surface area is 88.8 Å². The van der Waals surface area contributed by atoms with Crippen molar-refractivity contribution < 1.29 is 5.11 Å². The van der Waals surface area contributed by atoms with Crippen molar-refractivity contribution >= 4 is 10.8 Å². The number of likely N-dealkylation sites (N-methyl/N-ethyl adjacent to an activating group) is 1. The van der Waals surface area contributed by atoms with E-state index < -0.39 is 0 Å². The van der Waals surface area contributed by atoms with Gasteiger partial charge in [0.05, 0.1) is 12.6 Å². The third-order valence-corrected chi connectivity index (χ3v) is 2.61. The number of pyridine rings is 1. The van der Waals surface area contributed by atoms with E-state index in [2.05, 4.69) is 10.3 Å². The molecule has 15 heavy (non-hydrogen) atoms. The quantitative estimate of drug-likeness (QED) is 0.792. The number of hydrogen-bond acceptors (Lipinski definition) is 3. The van der Waals surface area contributed by atoms with Crippen LogP contribution in [0.5, 0.6) is 0 Å². The minimum atomic E-state index is -0.0522.